The van der Waals surface area contributed by atoms with Gasteiger partial charge in [-0.25, -0.2) is 0 Å². The van der Waals surface area contributed by atoms with Gasteiger partial charge in [-0.3, -0.25) is 4.79 Å². The Labute approximate surface area is 113 Å². The maximum Gasteiger partial charge on any atom is 0.185 e. The predicted octanol–water partition coefficient (Wildman–Crippen LogP) is 4.40. The first kappa shape index (κ1) is 13.0. The third-order valence-corrected chi connectivity index (χ3v) is 2.95. The van der Waals surface area contributed by atoms with Gasteiger partial charge in [-0.1, -0.05) is 72.8 Å². The molecule has 1 heteroatoms. The van der Waals surface area contributed by atoms with Crippen molar-refractivity contribution in [3.63, 3.8) is 0 Å². The van der Waals surface area contributed by atoms with E-state index >= 15 is 0 Å². The van der Waals surface area contributed by atoms with E-state index < -0.39 is 0 Å². The predicted molar refractivity (Wildman–Crippen MR) is 79.3 cm³/mol. The van der Waals surface area contributed by atoms with E-state index in [1.165, 1.54) is 0 Å². The first-order valence-corrected chi connectivity index (χ1v) is 6.26. The van der Waals surface area contributed by atoms with E-state index in [1.807, 2.05) is 72.8 Å². The molecular weight excluding hydrogens is 232 g/mol. The maximum atomic E-state index is 12.0. The van der Waals surface area contributed by atoms with Crippen LogP contribution in [0.4, 0.5) is 0 Å². The molecule has 0 aliphatic carbocycles. The highest BCUT2D eigenvalue weighted by Gasteiger charge is 2.04. The van der Waals surface area contributed by atoms with Gasteiger partial charge in [0.25, 0.3) is 0 Å². The average Bonchev–Trinajstić information content (AvgIpc) is 2.49. The van der Waals surface area contributed by atoms with Crippen LogP contribution in [0.3, 0.4) is 0 Å². The Kier molecular flexibility index (Phi) is 4.46. The van der Waals surface area contributed by atoms with Crippen LogP contribution in [-0.2, 0) is 0 Å². The molecule has 1 nitrogen and oxygen atoms in total. The fraction of sp³-hybridized carbons (Fsp3) is 0.0556. The molecular formula is C18H16O. The Morgan fingerprint density at radius 1 is 0.947 bits per heavy atom. The highest BCUT2D eigenvalue weighted by molar-refractivity contribution is 6.04. The lowest BCUT2D eigenvalue weighted by molar-refractivity contribution is 0.104. The van der Waals surface area contributed by atoms with Gasteiger partial charge in [-0.15, -0.1) is 6.58 Å². The van der Waals surface area contributed by atoms with E-state index in [-0.39, 0.29) is 11.7 Å². The second-order valence-corrected chi connectivity index (χ2v) is 4.26. The topological polar surface area (TPSA) is 17.1 Å². The Morgan fingerprint density at radius 2 is 1.53 bits per heavy atom. The van der Waals surface area contributed by atoms with Gasteiger partial charge >= 0.3 is 0 Å². The fourth-order valence-electron chi connectivity index (χ4n) is 1.89. The molecule has 0 aromatic heterocycles. The summed E-state index contributed by atoms with van der Waals surface area (Å²) in [6, 6.07) is 19.3. The highest BCUT2D eigenvalue weighted by atomic mass is 16.1. The normalized spacial score (nSPS) is 12.2. The van der Waals surface area contributed by atoms with Crippen LogP contribution in [-0.4, -0.2) is 5.78 Å². The molecule has 0 fully saturated rings. The molecule has 2 aromatic carbocycles. The maximum absolute atomic E-state index is 12.0. The van der Waals surface area contributed by atoms with Crippen molar-refractivity contribution in [3.8, 4) is 0 Å². The molecule has 1 unspecified atom stereocenters. The largest absolute Gasteiger partial charge is 0.289 e. The van der Waals surface area contributed by atoms with Crippen LogP contribution < -0.4 is 0 Å². The summed E-state index contributed by atoms with van der Waals surface area (Å²) in [4.78, 5) is 12.0. The molecule has 0 aliphatic rings. The standard InChI is InChI=1S/C18H16O/c1-2-15(16-9-5-3-6-10-16)13-14-18(19)17-11-7-4-8-12-17/h2-15H,1H2/b14-13+. The molecule has 0 heterocycles. The summed E-state index contributed by atoms with van der Waals surface area (Å²) in [5, 5.41) is 0. The Hall–Kier alpha value is -2.41. The molecule has 0 N–H and O–H groups in total. The van der Waals surface area contributed by atoms with Crippen LogP contribution in [0.2, 0.25) is 0 Å². The summed E-state index contributed by atoms with van der Waals surface area (Å²) >= 11 is 0. The van der Waals surface area contributed by atoms with Crippen molar-refractivity contribution in [3.05, 3.63) is 96.6 Å². The van der Waals surface area contributed by atoms with Gasteiger partial charge < -0.3 is 0 Å². The lowest BCUT2D eigenvalue weighted by Gasteiger charge is -2.07. The van der Waals surface area contributed by atoms with Gasteiger partial charge in [0.05, 0.1) is 0 Å². The zero-order chi connectivity index (χ0) is 13.5. The van der Waals surface area contributed by atoms with Gasteiger partial charge in [0.2, 0.25) is 0 Å². The second kappa shape index (κ2) is 6.50. The smallest absolute Gasteiger partial charge is 0.185 e. The van der Waals surface area contributed by atoms with Crippen LogP contribution in [0.1, 0.15) is 21.8 Å². The lowest BCUT2D eigenvalue weighted by atomic mass is 9.98. The Bertz CT molecular complexity index is 567. The summed E-state index contributed by atoms with van der Waals surface area (Å²) < 4.78 is 0. The van der Waals surface area contributed by atoms with Crippen molar-refractivity contribution in [2.45, 2.75) is 5.92 Å². The average molecular weight is 248 g/mol. The third kappa shape index (κ3) is 3.52. The van der Waals surface area contributed by atoms with Gasteiger partial charge in [0.15, 0.2) is 5.78 Å². The molecule has 2 aromatic rings. The summed E-state index contributed by atoms with van der Waals surface area (Å²) in [5.41, 5.74) is 1.84. The summed E-state index contributed by atoms with van der Waals surface area (Å²) in [6.45, 7) is 3.83. The number of ketones is 1. The Morgan fingerprint density at radius 3 is 2.11 bits per heavy atom. The van der Waals surface area contributed by atoms with Crippen LogP contribution in [0.15, 0.2) is 85.5 Å². The number of benzene rings is 2. The summed E-state index contributed by atoms with van der Waals surface area (Å²) in [6.07, 6.45) is 5.34. The lowest BCUT2D eigenvalue weighted by Crippen LogP contribution is -1.96. The quantitative estimate of drug-likeness (QED) is 0.435. The molecule has 94 valence electrons. The molecule has 0 bridgehead atoms. The molecule has 0 saturated carbocycles. The summed E-state index contributed by atoms with van der Waals surface area (Å²) in [7, 11) is 0. The Balaban J connectivity index is 2.13. The second-order valence-electron chi connectivity index (χ2n) is 4.26. The van der Waals surface area contributed by atoms with Gasteiger partial charge in [-0.05, 0) is 11.6 Å². The van der Waals surface area contributed by atoms with Crippen molar-refractivity contribution in [1.29, 1.82) is 0 Å². The molecule has 2 rings (SSSR count). The van der Waals surface area contributed by atoms with E-state index in [9.17, 15) is 4.79 Å². The van der Waals surface area contributed by atoms with Crippen molar-refractivity contribution in [2.24, 2.45) is 0 Å². The van der Waals surface area contributed by atoms with Gasteiger partial charge in [-0.2, -0.15) is 0 Å². The highest BCUT2D eigenvalue weighted by Crippen LogP contribution is 2.18. The van der Waals surface area contributed by atoms with Crippen molar-refractivity contribution >= 4 is 5.78 Å². The van der Waals surface area contributed by atoms with Gasteiger partial charge in [0, 0.05) is 11.5 Å². The zero-order valence-corrected chi connectivity index (χ0v) is 10.7. The SMILES string of the molecule is C=CC(/C=C/C(=O)c1ccccc1)c1ccccc1. The number of carbonyl (C=O) groups excluding carboxylic acids is 1. The van der Waals surface area contributed by atoms with E-state index in [4.69, 9.17) is 0 Å². The van der Waals surface area contributed by atoms with E-state index in [0.717, 1.165) is 5.56 Å². The molecule has 19 heavy (non-hydrogen) atoms. The van der Waals surface area contributed by atoms with Crippen molar-refractivity contribution in [1.82, 2.24) is 0 Å². The minimum atomic E-state index is 0.0170. The molecule has 0 radical (unpaired) electrons. The minimum Gasteiger partial charge on any atom is -0.289 e. The van der Waals surface area contributed by atoms with E-state index in [0.29, 0.717) is 5.56 Å². The van der Waals surface area contributed by atoms with Crippen LogP contribution >= 0.6 is 0 Å². The molecule has 0 spiro atoms. The first-order valence-electron chi connectivity index (χ1n) is 6.26. The van der Waals surface area contributed by atoms with E-state index in [2.05, 4.69) is 6.58 Å². The molecule has 1 atom stereocenters. The molecule has 0 amide bonds. The van der Waals surface area contributed by atoms with E-state index in [1.54, 1.807) is 6.08 Å². The van der Waals surface area contributed by atoms with Crippen LogP contribution in [0.25, 0.3) is 0 Å². The molecule has 0 saturated heterocycles. The summed E-state index contributed by atoms with van der Waals surface area (Å²) in [5.74, 6) is 0.0808. The number of hydrogen-bond acceptors (Lipinski definition) is 1. The van der Waals surface area contributed by atoms with Crippen LogP contribution in [0.5, 0.6) is 0 Å². The number of rotatable bonds is 5. The van der Waals surface area contributed by atoms with Crippen molar-refractivity contribution in [2.75, 3.05) is 0 Å². The first-order chi connectivity index (χ1) is 9.31. The monoisotopic (exact) mass is 248 g/mol. The molecule has 0 aliphatic heterocycles. The number of allylic oxidation sites excluding steroid dienone is 3. The number of carbonyl (C=O) groups is 1. The number of hydrogen-bond donors (Lipinski definition) is 0. The van der Waals surface area contributed by atoms with Gasteiger partial charge in [0.1, 0.15) is 0 Å². The third-order valence-electron chi connectivity index (χ3n) is 2.95. The van der Waals surface area contributed by atoms with Crippen LogP contribution in [0, 0.1) is 0 Å². The van der Waals surface area contributed by atoms with Crippen molar-refractivity contribution < 1.29 is 4.79 Å². The minimum absolute atomic E-state index is 0.0170. The fourth-order valence-corrected chi connectivity index (χ4v) is 1.89. The zero-order valence-electron chi connectivity index (χ0n) is 10.7.